The second kappa shape index (κ2) is 11.0. The van der Waals surface area contributed by atoms with Crippen LogP contribution < -0.4 is 9.64 Å². The molecule has 1 aliphatic heterocycles. The Labute approximate surface area is 238 Å². The third-order valence-corrected chi connectivity index (χ3v) is 7.21. The van der Waals surface area contributed by atoms with Crippen LogP contribution in [-0.2, 0) is 10.9 Å². The molecule has 2 aliphatic rings. The molecule has 2 aromatic heterocycles. The fourth-order valence-corrected chi connectivity index (χ4v) is 5.05. The lowest BCUT2D eigenvalue weighted by molar-refractivity contribution is -0.137. The lowest BCUT2D eigenvalue weighted by atomic mass is 9.81. The summed E-state index contributed by atoms with van der Waals surface area (Å²) in [7, 11) is 0. The van der Waals surface area contributed by atoms with Crippen LogP contribution in [0.4, 0.5) is 38.7 Å². The molecule has 2 fully saturated rings. The minimum absolute atomic E-state index is 0.0109. The van der Waals surface area contributed by atoms with Crippen LogP contribution in [0.2, 0.25) is 0 Å². The van der Waals surface area contributed by atoms with Crippen LogP contribution in [0.3, 0.4) is 0 Å². The Morgan fingerprint density at radius 1 is 1.07 bits per heavy atom. The fraction of sp³-hybridized carbons (Fsp3) is 0.500. The van der Waals surface area contributed by atoms with Crippen molar-refractivity contribution in [2.45, 2.75) is 76.7 Å². The first-order chi connectivity index (χ1) is 19.7. The van der Waals surface area contributed by atoms with Gasteiger partial charge in [0.15, 0.2) is 11.5 Å². The number of rotatable bonds is 5. The summed E-state index contributed by atoms with van der Waals surface area (Å²) in [6.07, 6.45) is -2.16. The number of aromatic nitrogens is 3. The number of amides is 2. The largest absolute Gasteiger partial charge is 0.472 e. The summed E-state index contributed by atoms with van der Waals surface area (Å²) in [5, 5.41) is 13.9. The van der Waals surface area contributed by atoms with Crippen molar-refractivity contribution in [2.75, 3.05) is 18.0 Å². The first kappa shape index (κ1) is 29.4. The number of hydrogen-bond donors (Lipinski definition) is 1. The van der Waals surface area contributed by atoms with Gasteiger partial charge in [-0.15, -0.1) is 0 Å². The van der Waals surface area contributed by atoms with Gasteiger partial charge in [0.05, 0.1) is 24.0 Å². The molecule has 2 amide bonds. The molecule has 42 heavy (non-hydrogen) atoms. The number of carboxylic acid groups (broad SMARTS) is 1. The van der Waals surface area contributed by atoms with E-state index < -0.39 is 47.1 Å². The molecule has 10 nitrogen and oxygen atoms in total. The van der Waals surface area contributed by atoms with Crippen LogP contribution in [0.15, 0.2) is 30.5 Å². The van der Waals surface area contributed by atoms with Gasteiger partial charge in [-0.1, -0.05) is 6.42 Å². The average Bonchev–Trinajstić information content (AvgIpc) is 3.25. The summed E-state index contributed by atoms with van der Waals surface area (Å²) in [5.74, 6) is -1.14. The number of benzene rings is 1. The molecule has 0 bridgehead atoms. The predicted molar refractivity (Wildman–Crippen MR) is 143 cm³/mol. The summed E-state index contributed by atoms with van der Waals surface area (Å²) in [6, 6.07) is 3.11. The molecule has 3 heterocycles. The third-order valence-electron chi connectivity index (χ3n) is 7.21. The number of anilines is 2. The molecule has 3 aromatic rings. The SMILES string of the molecule is CC(C)(C)OC(=O)N(c1cc(F)cc(C(F)(F)F)c1)c1cc(OC2CCCN(C(=O)O)C2)nc2c(C3CCC3)cnn12. The van der Waals surface area contributed by atoms with Crippen LogP contribution in [0.25, 0.3) is 5.65 Å². The topological polar surface area (TPSA) is 110 Å². The van der Waals surface area contributed by atoms with E-state index in [1.165, 1.54) is 15.5 Å². The maximum Gasteiger partial charge on any atom is 0.420 e. The van der Waals surface area contributed by atoms with Crippen LogP contribution in [0.1, 0.15) is 69.9 Å². The standard InChI is InChI=1S/C28H31F4N5O5/c1-27(2,3)42-26(40)36(19-11-17(28(30,31)32)10-18(29)12-19)23-13-22(41-20-8-5-9-35(15-20)25(38)39)34-24-21(14-33-37(23)24)16-6-4-7-16/h10-14,16,20H,4-9,15H2,1-3H3,(H,38,39). The monoisotopic (exact) mass is 593 g/mol. The Bertz CT molecular complexity index is 1500. The summed E-state index contributed by atoms with van der Waals surface area (Å²) in [6.45, 7) is 5.21. The van der Waals surface area contributed by atoms with E-state index in [4.69, 9.17) is 9.47 Å². The van der Waals surface area contributed by atoms with E-state index in [2.05, 4.69) is 10.1 Å². The van der Waals surface area contributed by atoms with Crippen molar-refractivity contribution in [1.29, 1.82) is 0 Å². The van der Waals surface area contributed by atoms with E-state index in [1.54, 1.807) is 27.0 Å². The summed E-state index contributed by atoms with van der Waals surface area (Å²) < 4.78 is 68.7. The van der Waals surface area contributed by atoms with Gasteiger partial charge in [0.1, 0.15) is 17.5 Å². The smallest absolute Gasteiger partial charge is 0.420 e. The average molecular weight is 594 g/mol. The Kier molecular flexibility index (Phi) is 7.66. The van der Waals surface area contributed by atoms with Crippen molar-refractivity contribution in [1.82, 2.24) is 19.5 Å². The van der Waals surface area contributed by atoms with Gasteiger partial charge in [-0.3, -0.25) is 0 Å². The number of hydrogen-bond acceptors (Lipinski definition) is 6. The number of nitrogens with zero attached hydrogens (tertiary/aromatic N) is 5. The molecular weight excluding hydrogens is 562 g/mol. The van der Waals surface area contributed by atoms with Crippen LogP contribution >= 0.6 is 0 Å². The van der Waals surface area contributed by atoms with Crippen molar-refractivity contribution in [3.05, 3.63) is 47.4 Å². The van der Waals surface area contributed by atoms with E-state index >= 15 is 0 Å². The molecule has 226 valence electrons. The molecule has 5 rings (SSSR count). The Balaban J connectivity index is 1.67. The molecule has 1 saturated heterocycles. The van der Waals surface area contributed by atoms with Gasteiger partial charge in [0.2, 0.25) is 5.88 Å². The molecule has 1 aromatic carbocycles. The first-order valence-corrected chi connectivity index (χ1v) is 13.6. The zero-order chi connectivity index (χ0) is 30.4. The molecular formula is C28H31F4N5O5. The highest BCUT2D eigenvalue weighted by atomic mass is 19.4. The highest BCUT2D eigenvalue weighted by Gasteiger charge is 2.35. The van der Waals surface area contributed by atoms with Crippen molar-refractivity contribution >= 4 is 29.3 Å². The molecule has 1 unspecified atom stereocenters. The number of ether oxygens (including phenoxy) is 2. The van der Waals surface area contributed by atoms with E-state index in [9.17, 15) is 32.3 Å². The van der Waals surface area contributed by atoms with Crippen molar-refractivity contribution < 1.29 is 41.7 Å². The fourth-order valence-electron chi connectivity index (χ4n) is 5.05. The van der Waals surface area contributed by atoms with Crippen LogP contribution in [0.5, 0.6) is 5.88 Å². The highest BCUT2D eigenvalue weighted by molar-refractivity contribution is 5.96. The predicted octanol–water partition coefficient (Wildman–Crippen LogP) is 6.75. The number of halogens is 4. The van der Waals surface area contributed by atoms with Gasteiger partial charge >= 0.3 is 18.4 Å². The third kappa shape index (κ3) is 6.21. The molecule has 14 heteroatoms. The summed E-state index contributed by atoms with van der Waals surface area (Å²) in [4.78, 5) is 31.8. The van der Waals surface area contributed by atoms with E-state index in [1.807, 2.05) is 0 Å². The van der Waals surface area contributed by atoms with E-state index in [-0.39, 0.29) is 24.2 Å². The van der Waals surface area contributed by atoms with Gasteiger partial charge < -0.3 is 19.5 Å². The van der Waals surface area contributed by atoms with Crippen molar-refractivity contribution in [3.63, 3.8) is 0 Å². The van der Waals surface area contributed by atoms with Crippen LogP contribution in [0, 0.1) is 5.82 Å². The zero-order valence-electron chi connectivity index (χ0n) is 23.3. The Morgan fingerprint density at radius 3 is 2.43 bits per heavy atom. The molecule has 1 atom stereocenters. The number of likely N-dealkylation sites (tertiary alicyclic amines) is 1. The lowest BCUT2D eigenvalue weighted by Gasteiger charge is -2.31. The maximum absolute atomic E-state index is 14.6. The van der Waals surface area contributed by atoms with Gasteiger partial charge in [0, 0.05) is 18.2 Å². The van der Waals surface area contributed by atoms with Crippen LogP contribution in [-0.4, -0.2) is 61.6 Å². The first-order valence-electron chi connectivity index (χ1n) is 13.6. The Hall–Kier alpha value is -4.10. The highest BCUT2D eigenvalue weighted by Crippen LogP contribution is 2.41. The molecule has 1 saturated carbocycles. The summed E-state index contributed by atoms with van der Waals surface area (Å²) >= 11 is 0. The lowest BCUT2D eigenvalue weighted by Crippen LogP contribution is -2.43. The number of piperidine rings is 1. The molecule has 1 N–H and O–H groups in total. The molecule has 0 spiro atoms. The number of fused-ring (bicyclic) bond motifs is 1. The van der Waals surface area contributed by atoms with Crippen molar-refractivity contribution in [2.24, 2.45) is 0 Å². The Morgan fingerprint density at radius 2 is 1.81 bits per heavy atom. The molecule has 1 aliphatic carbocycles. The second-order valence-corrected chi connectivity index (χ2v) is 11.5. The van der Waals surface area contributed by atoms with Crippen molar-refractivity contribution in [3.8, 4) is 5.88 Å². The minimum atomic E-state index is -4.89. The zero-order valence-corrected chi connectivity index (χ0v) is 23.3. The number of carbonyl (C=O) groups excluding carboxylic acids is 1. The maximum atomic E-state index is 14.6. The quantitative estimate of drug-likeness (QED) is 0.326. The summed E-state index contributed by atoms with van der Waals surface area (Å²) in [5.41, 5.74) is -1.70. The minimum Gasteiger partial charge on any atom is -0.472 e. The normalized spacial score (nSPS) is 18.1. The van der Waals surface area contributed by atoms with Gasteiger partial charge in [-0.25, -0.2) is 18.9 Å². The number of alkyl halides is 3. The van der Waals surface area contributed by atoms with Gasteiger partial charge in [-0.2, -0.15) is 27.8 Å². The molecule has 0 radical (unpaired) electrons. The second-order valence-electron chi connectivity index (χ2n) is 11.5. The van der Waals surface area contributed by atoms with E-state index in [0.29, 0.717) is 37.2 Å². The van der Waals surface area contributed by atoms with Gasteiger partial charge in [0.25, 0.3) is 0 Å². The van der Waals surface area contributed by atoms with E-state index in [0.717, 1.165) is 35.8 Å². The van der Waals surface area contributed by atoms with Gasteiger partial charge in [-0.05, 0) is 70.6 Å². The number of carbonyl (C=O) groups is 2.